The predicted octanol–water partition coefficient (Wildman–Crippen LogP) is 6.59. The predicted molar refractivity (Wildman–Crippen MR) is 133 cm³/mol. The van der Waals surface area contributed by atoms with Gasteiger partial charge >= 0.3 is 0 Å². The van der Waals surface area contributed by atoms with Gasteiger partial charge in [0.15, 0.2) is 8.32 Å². The van der Waals surface area contributed by atoms with Crippen molar-refractivity contribution in [2.45, 2.75) is 90.3 Å². The van der Waals surface area contributed by atoms with Crippen molar-refractivity contribution in [1.82, 2.24) is 0 Å². The molecule has 0 aliphatic heterocycles. The summed E-state index contributed by atoms with van der Waals surface area (Å²) in [5.74, 6) is 2.86. The van der Waals surface area contributed by atoms with Gasteiger partial charge in [0, 0.05) is 11.8 Å². The van der Waals surface area contributed by atoms with Crippen LogP contribution in [0, 0.1) is 17.3 Å². The van der Waals surface area contributed by atoms with Gasteiger partial charge in [0.1, 0.15) is 12.9 Å². The van der Waals surface area contributed by atoms with Crippen LogP contribution >= 0.6 is 0 Å². The molecule has 0 amide bonds. The normalized spacial score (nSPS) is 34.1. The standard InChI is InChI=1S/C25H41NO3Si2/c1-25-14-13-20-19-12-10-18(28-30(3,4)5)15-17(19)9-11-21(20)24(25)22(29-31(6,7)8)16-23(25)26-27-2/h10,12,15,20-22,24H,9,11,13-14,16H2,1-8H3/b26-23+/t20-,21-,22-,24-,25-/m1/s1. The molecule has 0 N–H and O–H groups in total. The van der Waals surface area contributed by atoms with E-state index in [1.54, 1.807) is 12.7 Å². The Labute approximate surface area is 191 Å². The van der Waals surface area contributed by atoms with Crippen LogP contribution in [0.15, 0.2) is 23.4 Å². The van der Waals surface area contributed by atoms with Crippen LogP contribution in [0.3, 0.4) is 0 Å². The van der Waals surface area contributed by atoms with Crippen molar-refractivity contribution in [3.8, 4) is 5.75 Å². The van der Waals surface area contributed by atoms with Gasteiger partial charge in [0.25, 0.3) is 0 Å². The molecular weight excluding hydrogens is 418 g/mol. The molecule has 0 bridgehead atoms. The zero-order chi connectivity index (χ0) is 22.6. The van der Waals surface area contributed by atoms with Crippen molar-refractivity contribution in [2.24, 2.45) is 22.4 Å². The molecule has 3 aliphatic carbocycles. The highest BCUT2D eigenvalue weighted by molar-refractivity contribution is 6.70. The number of aryl methyl sites for hydroxylation is 1. The van der Waals surface area contributed by atoms with Gasteiger partial charge in [0.05, 0.1) is 11.8 Å². The maximum atomic E-state index is 6.81. The minimum atomic E-state index is -1.65. The molecule has 2 saturated carbocycles. The summed E-state index contributed by atoms with van der Waals surface area (Å²) in [5, 5.41) is 4.53. The molecule has 4 rings (SSSR count). The molecular formula is C25H41NO3Si2. The van der Waals surface area contributed by atoms with Crippen LogP contribution in [-0.2, 0) is 15.7 Å². The highest BCUT2D eigenvalue weighted by Crippen LogP contribution is 2.61. The molecule has 0 radical (unpaired) electrons. The van der Waals surface area contributed by atoms with Crippen LogP contribution in [0.25, 0.3) is 0 Å². The van der Waals surface area contributed by atoms with E-state index in [-0.39, 0.29) is 11.5 Å². The first-order chi connectivity index (χ1) is 14.4. The second-order valence-corrected chi connectivity index (χ2v) is 20.9. The number of hydrogen-bond acceptors (Lipinski definition) is 4. The van der Waals surface area contributed by atoms with Crippen molar-refractivity contribution in [3.63, 3.8) is 0 Å². The summed E-state index contributed by atoms with van der Waals surface area (Å²) in [6, 6.07) is 6.92. The first kappa shape index (κ1) is 23.1. The number of oxime groups is 1. The maximum absolute atomic E-state index is 6.81. The summed E-state index contributed by atoms with van der Waals surface area (Å²) in [6.45, 7) is 16.1. The quantitative estimate of drug-likeness (QED) is 0.368. The highest BCUT2D eigenvalue weighted by atomic mass is 28.4. The van der Waals surface area contributed by atoms with Gasteiger partial charge in [-0.15, -0.1) is 0 Å². The Bertz CT molecular complexity index is 857. The summed E-state index contributed by atoms with van der Waals surface area (Å²) in [6.07, 6.45) is 5.97. The number of nitrogens with zero attached hydrogens (tertiary/aromatic N) is 1. The monoisotopic (exact) mass is 459 g/mol. The van der Waals surface area contributed by atoms with E-state index in [2.05, 4.69) is 69.6 Å². The number of benzene rings is 1. The maximum Gasteiger partial charge on any atom is 0.242 e. The topological polar surface area (TPSA) is 40.0 Å². The summed E-state index contributed by atoms with van der Waals surface area (Å²) < 4.78 is 13.1. The number of fused-ring (bicyclic) bond motifs is 5. The molecule has 0 spiro atoms. The third kappa shape index (κ3) is 4.53. The van der Waals surface area contributed by atoms with Crippen molar-refractivity contribution in [3.05, 3.63) is 29.3 Å². The summed E-state index contributed by atoms with van der Waals surface area (Å²) in [5.41, 5.74) is 4.39. The Morgan fingerprint density at radius 3 is 2.42 bits per heavy atom. The average molecular weight is 460 g/mol. The van der Waals surface area contributed by atoms with Crippen LogP contribution in [0.5, 0.6) is 5.75 Å². The minimum Gasteiger partial charge on any atom is -0.544 e. The second kappa shape index (κ2) is 8.03. The highest BCUT2D eigenvalue weighted by Gasteiger charge is 2.59. The summed E-state index contributed by atoms with van der Waals surface area (Å²) in [4.78, 5) is 5.30. The molecule has 31 heavy (non-hydrogen) atoms. The zero-order valence-corrected chi connectivity index (χ0v) is 22.7. The molecule has 1 aromatic rings. The number of rotatable bonds is 5. The van der Waals surface area contributed by atoms with Crippen molar-refractivity contribution < 1.29 is 13.7 Å². The number of hydrogen-bond donors (Lipinski definition) is 0. The fourth-order valence-corrected chi connectivity index (χ4v) is 8.59. The van der Waals surface area contributed by atoms with Gasteiger partial charge in [-0.05, 0) is 106 Å². The molecule has 0 heterocycles. The van der Waals surface area contributed by atoms with Gasteiger partial charge in [0.2, 0.25) is 8.32 Å². The first-order valence-electron chi connectivity index (χ1n) is 12.0. The lowest BCUT2D eigenvalue weighted by molar-refractivity contribution is 0.0110. The summed E-state index contributed by atoms with van der Waals surface area (Å²) in [7, 11) is -1.56. The van der Waals surface area contributed by atoms with Crippen molar-refractivity contribution >= 4 is 22.3 Å². The Morgan fingerprint density at radius 1 is 1.03 bits per heavy atom. The van der Waals surface area contributed by atoms with Crippen molar-refractivity contribution in [1.29, 1.82) is 0 Å². The first-order valence-corrected chi connectivity index (χ1v) is 18.8. The molecule has 172 valence electrons. The second-order valence-electron chi connectivity index (χ2n) is 12.1. The molecule has 0 unspecified atom stereocenters. The lowest BCUT2D eigenvalue weighted by atomic mass is 9.55. The Balaban J connectivity index is 1.66. The fourth-order valence-electron chi connectivity index (χ4n) is 6.62. The third-order valence-corrected chi connectivity index (χ3v) is 9.39. The van der Waals surface area contributed by atoms with E-state index < -0.39 is 16.6 Å². The van der Waals surface area contributed by atoms with Crippen LogP contribution < -0.4 is 4.43 Å². The molecule has 4 nitrogen and oxygen atoms in total. The minimum absolute atomic E-state index is 0.0971. The van der Waals surface area contributed by atoms with Gasteiger partial charge in [-0.1, -0.05) is 18.1 Å². The Kier molecular flexibility index (Phi) is 5.97. The largest absolute Gasteiger partial charge is 0.544 e. The van der Waals surface area contributed by atoms with Crippen molar-refractivity contribution in [2.75, 3.05) is 7.11 Å². The van der Waals surface area contributed by atoms with E-state index in [1.807, 2.05) is 0 Å². The lowest BCUT2D eigenvalue weighted by Crippen LogP contribution is -2.47. The van der Waals surface area contributed by atoms with Crippen LogP contribution in [-0.4, -0.2) is 35.6 Å². The summed E-state index contributed by atoms with van der Waals surface area (Å²) >= 11 is 0. The molecule has 0 aromatic heterocycles. The molecule has 1 aromatic carbocycles. The van der Waals surface area contributed by atoms with E-state index in [0.717, 1.165) is 18.6 Å². The van der Waals surface area contributed by atoms with E-state index in [1.165, 1.54) is 30.5 Å². The Hall–Kier alpha value is -1.12. The zero-order valence-electron chi connectivity index (χ0n) is 20.7. The van der Waals surface area contributed by atoms with Gasteiger partial charge < -0.3 is 13.7 Å². The molecule has 2 fully saturated rings. The van der Waals surface area contributed by atoms with E-state index in [9.17, 15) is 0 Å². The Morgan fingerprint density at radius 2 is 1.77 bits per heavy atom. The van der Waals surface area contributed by atoms with Gasteiger partial charge in [-0.25, -0.2) is 0 Å². The molecule has 6 heteroatoms. The lowest BCUT2D eigenvalue weighted by Gasteiger charge is -2.50. The fraction of sp³-hybridized carbons (Fsp3) is 0.720. The van der Waals surface area contributed by atoms with Gasteiger partial charge in [-0.2, -0.15) is 0 Å². The van der Waals surface area contributed by atoms with E-state index in [4.69, 9.17) is 13.7 Å². The SMILES string of the molecule is CO/N=C1\C[C@@H](O[Si](C)(C)C)[C@H]2[C@@H]3CCc4cc(O[Si](C)(C)C)ccc4[C@H]3CC[C@]12C. The molecule has 0 saturated heterocycles. The van der Waals surface area contributed by atoms with Gasteiger partial charge in [-0.3, -0.25) is 0 Å². The van der Waals surface area contributed by atoms with E-state index in [0.29, 0.717) is 17.8 Å². The third-order valence-electron chi connectivity index (χ3n) is 7.53. The van der Waals surface area contributed by atoms with Crippen LogP contribution in [0.1, 0.15) is 49.7 Å². The smallest absolute Gasteiger partial charge is 0.242 e. The average Bonchev–Trinajstić information content (AvgIpc) is 2.90. The van der Waals surface area contributed by atoms with Crippen LogP contribution in [0.2, 0.25) is 39.3 Å². The molecule has 5 atom stereocenters. The van der Waals surface area contributed by atoms with E-state index >= 15 is 0 Å². The molecule has 3 aliphatic rings. The van der Waals surface area contributed by atoms with Crippen LogP contribution in [0.4, 0.5) is 0 Å².